The molecular formula is C12H26N2O. The van der Waals surface area contributed by atoms with Gasteiger partial charge in [-0.3, -0.25) is 4.79 Å². The Labute approximate surface area is 94.0 Å². The van der Waals surface area contributed by atoms with Gasteiger partial charge >= 0.3 is 0 Å². The van der Waals surface area contributed by atoms with Crippen molar-refractivity contribution in [3.8, 4) is 0 Å². The van der Waals surface area contributed by atoms with Crippen molar-refractivity contribution in [2.75, 3.05) is 6.54 Å². The van der Waals surface area contributed by atoms with E-state index in [2.05, 4.69) is 31.4 Å². The third-order valence-electron chi connectivity index (χ3n) is 2.57. The molecule has 1 amide bonds. The maximum Gasteiger partial charge on any atom is 0.237 e. The maximum absolute atomic E-state index is 11.6. The molecule has 3 heteroatoms. The van der Waals surface area contributed by atoms with Crippen molar-refractivity contribution >= 4 is 5.91 Å². The van der Waals surface area contributed by atoms with E-state index in [1.165, 1.54) is 0 Å². The number of carbonyl (C=O) groups excluding carboxylic acids is 1. The van der Waals surface area contributed by atoms with Gasteiger partial charge in [-0.15, -0.1) is 0 Å². The minimum atomic E-state index is -0.0854. The molecule has 2 N–H and O–H groups in total. The van der Waals surface area contributed by atoms with E-state index in [0.29, 0.717) is 5.92 Å². The van der Waals surface area contributed by atoms with Crippen molar-refractivity contribution < 1.29 is 4.79 Å². The molecule has 0 saturated carbocycles. The highest BCUT2D eigenvalue weighted by Crippen LogP contribution is 1.97. The molecule has 0 spiro atoms. The second kappa shape index (κ2) is 7.69. The van der Waals surface area contributed by atoms with Crippen LogP contribution in [0, 0.1) is 5.92 Å². The van der Waals surface area contributed by atoms with Crippen LogP contribution < -0.4 is 10.6 Å². The van der Waals surface area contributed by atoms with Crippen LogP contribution in [0.2, 0.25) is 0 Å². The topological polar surface area (TPSA) is 41.1 Å². The van der Waals surface area contributed by atoms with Crippen molar-refractivity contribution in [2.24, 2.45) is 5.92 Å². The van der Waals surface area contributed by atoms with Crippen LogP contribution in [0.3, 0.4) is 0 Å². The zero-order chi connectivity index (χ0) is 11.8. The van der Waals surface area contributed by atoms with Crippen LogP contribution in [0.4, 0.5) is 0 Å². The van der Waals surface area contributed by atoms with Crippen molar-refractivity contribution in [1.82, 2.24) is 10.6 Å². The summed E-state index contributed by atoms with van der Waals surface area (Å²) in [5.41, 5.74) is 0. The average molecular weight is 214 g/mol. The van der Waals surface area contributed by atoms with Gasteiger partial charge in [-0.05, 0) is 39.2 Å². The molecule has 90 valence electrons. The SMILES string of the molecule is CCC(C)NC(=O)C(C)NCCC(C)C. The fourth-order valence-corrected chi connectivity index (χ4v) is 1.15. The number of rotatable bonds is 7. The predicted molar refractivity (Wildman–Crippen MR) is 64.8 cm³/mol. The molecule has 0 aromatic carbocycles. The van der Waals surface area contributed by atoms with Crippen LogP contribution in [0.5, 0.6) is 0 Å². The standard InChI is InChI=1S/C12H26N2O/c1-6-10(4)14-12(15)11(5)13-8-7-9(2)3/h9-11,13H,6-8H2,1-5H3,(H,14,15). The first-order valence-electron chi connectivity index (χ1n) is 6.01. The van der Waals surface area contributed by atoms with Gasteiger partial charge in [0.1, 0.15) is 0 Å². The maximum atomic E-state index is 11.6. The first-order valence-corrected chi connectivity index (χ1v) is 6.01. The van der Waals surface area contributed by atoms with Crippen molar-refractivity contribution in [3.05, 3.63) is 0 Å². The van der Waals surface area contributed by atoms with Crippen LogP contribution in [0.15, 0.2) is 0 Å². The molecule has 0 radical (unpaired) electrons. The monoisotopic (exact) mass is 214 g/mol. The quantitative estimate of drug-likeness (QED) is 0.680. The number of hydrogen-bond acceptors (Lipinski definition) is 2. The van der Waals surface area contributed by atoms with Crippen molar-refractivity contribution in [1.29, 1.82) is 0 Å². The first kappa shape index (κ1) is 14.4. The van der Waals surface area contributed by atoms with Gasteiger partial charge in [0.2, 0.25) is 5.91 Å². The molecule has 3 nitrogen and oxygen atoms in total. The second-order valence-electron chi connectivity index (χ2n) is 4.68. The smallest absolute Gasteiger partial charge is 0.237 e. The molecule has 0 heterocycles. The zero-order valence-electron chi connectivity index (χ0n) is 10.8. The molecule has 0 aromatic rings. The Bertz CT molecular complexity index is 180. The molecule has 15 heavy (non-hydrogen) atoms. The van der Waals surface area contributed by atoms with Gasteiger partial charge in [-0.25, -0.2) is 0 Å². The Morgan fingerprint density at radius 1 is 1.20 bits per heavy atom. The molecule has 0 saturated heterocycles. The van der Waals surface area contributed by atoms with E-state index in [9.17, 15) is 4.79 Å². The van der Waals surface area contributed by atoms with Gasteiger partial charge in [0.25, 0.3) is 0 Å². The molecule has 0 aliphatic heterocycles. The highest BCUT2D eigenvalue weighted by molar-refractivity contribution is 5.81. The molecule has 0 fully saturated rings. The largest absolute Gasteiger partial charge is 0.352 e. The van der Waals surface area contributed by atoms with Gasteiger partial charge in [-0.2, -0.15) is 0 Å². The van der Waals surface area contributed by atoms with Gasteiger partial charge in [0, 0.05) is 6.04 Å². The minimum Gasteiger partial charge on any atom is -0.352 e. The Morgan fingerprint density at radius 2 is 1.80 bits per heavy atom. The molecule has 0 rings (SSSR count). The van der Waals surface area contributed by atoms with Crippen LogP contribution in [0.25, 0.3) is 0 Å². The number of nitrogens with one attached hydrogen (secondary N) is 2. The lowest BCUT2D eigenvalue weighted by Gasteiger charge is -2.17. The fourth-order valence-electron chi connectivity index (χ4n) is 1.15. The normalized spacial score (nSPS) is 15.1. The third kappa shape index (κ3) is 7.37. The van der Waals surface area contributed by atoms with E-state index in [1.807, 2.05) is 13.8 Å². The third-order valence-corrected chi connectivity index (χ3v) is 2.57. The van der Waals surface area contributed by atoms with E-state index in [1.54, 1.807) is 0 Å². The molecule has 0 bridgehead atoms. The summed E-state index contributed by atoms with van der Waals surface area (Å²) in [6.07, 6.45) is 2.09. The van der Waals surface area contributed by atoms with Gasteiger partial charge in [0.05, 0.1) is 6.04 Å². The Balaban J connectivity index is 3.69. The Hall–Kier alpha value is -0.570. The summed E-state index contributed by atoms with van der Waals surface area (Å²) in [7, 11) is 0. The molecule has 2 unspecified atom stereocenters. The highest BCUT2D eigenvalue weighted by atomic mass is 16.2. The van der Waals surface area contributed by atoms with Crippen molar-refractivity contribution in [2.45, 2.75) is 59.5 Å². The summed E-state index contributed by atoms with van der Waals surface area (Å²) in [6, 6.07) is 0.185. The Morgan fingerprint density at radius 3 is 2.27 bits per heavy atom. The summed E-state index contributed by atoms with van der Waals surface area (Å²) in [5.74, 6) is 0.787. The fraction of sp³-hybridized carbons (Fsp3) is 0.917. The van der Waals surface area contributed by atoms with Crippen LogP contribution >= 0.6 is 0 Å². The lowest BCUT2D eigenvalue weighted by Crippen LogP contribution is -2.45. The second-order valence-corrected chi connectivity index (χ2v) is 4.68. The lowest BCUT2D eigenvalue weighted by atomic mass is 10.1. The van der Waals surface area contributed by atoms with E-state index in [-0.39, 0.29) is 18.0 Å². The summed E-state index contributed by atoms with van der Waals surface area (Å²) in [6.45, 7) is 11.3. The molecule has 0 aromatic heterocycles. The predicted octanol–water partition coefficient (Wildman–Crippen LogP) is 1.93. The molecular weight excluding hydrogens is 188 g/mol. The molecule has 0 aliphatic rings. The highest BCUT2D eigenvalue weighted by Gasteiger charge is 2.13. The lowest BCUT2D eigenvalue weighted by molar-refractivity contribution is -0.123. The van der Waals surface area contributed by atoms with Gasteiger partial charge in [-0.1, -0.05) is 20.8 Å². The van der Waals surface area contributed by atoms with E-state index < -0.39 is 0 Å². The van der Waals surface area contributed by atoms with Crippen molar-refractivity contribution in [3.63, 3.8) is 0 Å². The summed E-state index contributed by atoms with van der Waals surface area (Å²) in [5, 5.41) is 6.20. The minimum absolute atomic E-state index is 0.0854. The van der Waals surface area contributed by atoms with Gasteiger partial charge in [0.15, 0.2) is 0 Å². The van der Waals surface area contributed by atoms with E-state index >= 15 is 0 Å². The first-order chi connectivity index (χ1) is 6.97. The number of amides is 1. The summed E-state index contributed by atoms with van der Waals surface area (Å²) in [4.78, 5) is 11.6. The van der Waals surface area contributed by atoms with Gasteiger partial charge < -0.3 is 10.6 Å². The van der Waals surface area contributed by atoms with Crippen LogP contribution in [0.1, 0.15) is 47.5 Å². The molecule has 2 atom stereocenters. The zero-order valence-corrected chi connectivity index (χ0v) is 10.8. The summed E-state index contributed by atoms with van der Waals surface area (Å²) < 4.78 is 0. The van der Waals surface area contributed by atoms with E-state index in [0.717, 1.165) is 19.4 Å². The van der Waals surface area contributed by atoms with Crippen LogP contribution in [-0.4, -0.2) is 24.5 Å². The Kier molecular flexibility index (Phi) is 7.39. The number of hydrogen-bond donors (Lipinski definition) is 2. The van der Waals surface area contributed by atoms with Crippen LogP contribution in [-0.2, 0) is 4.79 Å². The molecule has 0 aliphatic carbocycles. The number of carbonyl (C=O) groups is 1. The average Bonchev–Trinajstić information content (AvgIpc) is 2.16. The van der Waals surface area contributed by atoms with E-state index in [4.69, 9.17) is 0 Å². The summed E-state index contributed by atoms with van der Waals surface area (Å²) >= 11 is 0.